The van der Waals surface area contributed by atoms with Crippen LogP contribution in [0.4, 0.5) is 5.69 Å². The molecule has 0 saturated carbocycles. The van der Waals surface area contributed by atoms with E-state index in [1.807, 2.05) is 0 Å². The zero-order valence-electron chi connectivity index (χ0n) is 11.4. The Morgan fingerprint density at radius 2 is 1.90 bits per heavy atom. The number of benzene rings is 2. The highest BCUT2D eigenvalue weighted by Gasteiger charge is 2.38. The van der Waals surface area contributed by atoms with Gasteiger partial charge in [-0.25, -0.2) is 0 Å². The molecular formula is C18H15BrIN. The number of para-hydroxylation sites is 1. The third kappa shape index (κ3) is 2.34. The number of anilines is 1. The fourth-order valence-corrected chi connectivity index (χ4v) is 4.52. The summed E-state index contributed by atoms with van der Waals surface area (Å²) in [7, 11) is 0. The molecule has 1 aliphatic carbocycles. The van der Waals surface area contributed by atoms with Gasteiger partial charge in [0.15, 0.2) is 0 Å². The molecule has 0 saturated heterocycles. The Bertz CT molecular complexity index is 708. The second-order valence-corrected chi connectivity index (χ2v) is 7.81. The lowest BCUT2D eigenvalue weighted by molar-refractivity contribution is 0.425. The van der Waals surface area contributed by atoms with Crippen molar-refractivity contribution in [2.45, 2.75) is 18.4 Å². The van der Waals surface area contributed by atoms with Crippen LogP contribution >= 0.6 is 38.5 Å². The van der Waals surface area contributed by atoms with Crippen molar-refractivity contribution < 1.29 is 0 Å². The number of hydrogen-bond acceptors (Lipinski definition) is 1. The highest BCUT2D eigenvalue weighted by molar-refractivity contribution is 14.1. The largest absolute Gasteiger partial charge is 0.377 e. The maximum atomic E-state index is 3.81. The minimum Gasteiger partial charge on any atom is -0.377 e. The predicted octanol–water partition coefficient (Wildman–Crippen LogP) is 5.88. The van der Waals surface area contributed by atoms with Gasteiger partial charge in [0, 0.05) is 14.0 Å². The van der Waals surface area contributed by atoms with Crippen LogP contribution in [0, 0.1) is 9.49 Å². The SMILES string of the molecule is Brc1ccc([C@@H]2Nc3c(I)cccc3[C@@H]3C=CC[C@@H]32)cc1. The fourth-order valence-electron chi connectivity index (χ4n) is 3.58. The van der Waals surface area contributed by atoms with Gasteiger partial charge in [0.05, 0.1) is 11.7 Å². The molecule has 0 aromatic heterocycles. The van der Waals surface area contributed by atoms with E-state index in [2.05, 4.69) is 98.5 Å². The average molecular weight is 452 g/mol. The van der Waals surface area contributed by atoms with Gasteiger partial charge >= 0.3 is 0 Å². The lowest BCUT2D eigenvalue weighted by Gasteiger charge is -2.38. The lowest BCUT2D eigenvalue weighted by atomic mass is 9.77. The first kappa shape index (κ1) is 13.8. The monoisotopic (exact) mass is 451 g/mol. The Labute approximate surface area is 147 Å². The summed E-state index contributed by atoms with van der Waals surface area (Å²) >= 11 is 5.97. The Morgan fingerprint density at radius 1 is 1.10 bits per heavy atom. The summed E-state index contributed by atoms with van der Waals surface area (Å²) in [5, 5.41) is 3.81. The third-order valence-corrected chi connectivity index (χ3v) is 6.00. The summed E-state index contributed by atoms with van der Waals surface area (Å²) in [5.41, 5.74) is 4.15. The van der Waals surface area contributed by atoms with E-state index in [9.17, 15) is 0 Å². The molecular weight excluding hydrogens is 437 g/mol. The summed E-state index contributed by atoms with van der Waals surface area (Å²) in [6, 6.07) is 15.8. The summed E-state index contributed by atoms with van der Waals surface area (Å²) in [5.74, 6) is 1.17. The van der Waals surface area contributed by atoms with Crippen LogP contribution in [0.3, 0.4) is 0 Å². The summed E-state index contributed by atoms with van der Waals surface area (Å²) < 4.78 is 2.45. The van der Waals surface area contributed by atoms with Crippen LogP contribution in [0.25, 0.3) is 0 Å². The molecule has 2 aliphatic rings. The molecule has 0 unspecified atom stereocenters. The van der Waals surface area contributed by atoms with Crippen LogP contribution in [-0.2, 0) is 0 Å². The van der Waals surface area contributed by atoms with E-state index in [-0.39, 0.29) is 0 Å². The molecule has 0 amide bonds. The molecule has 3 atom stereocenters. The molecule has 2 aromatic rings. The zero-order valence-corrected chi connectivity index (χ0v) is 15.1. The number of hydrogen-bond donors (Lipinski definition) is 1. The van der Waals surface area contributed by atoms with Gasteiger partial charge in [0.1, 0.15) is 0 Å². The van der Waals surface area contributed by atoms with E-state index >= 15 is 0 Å². The fraction of sp³-hybridized carbons (Fsp3) is 0.222. The lowest BCUT2D eigenvalue weighted by Crippen LogP contribution is -2.29. The van der Waals surface area contributed by atoms with Crippen LogP contribution in [0.2, 0.25) is 0 Å². The van der Waals surface area contributed by atoms with Crippen molar-refractivity contribution in [2.24, 2.45) is 5.92 Å². The van der Waals surface area contributed by atoms with Gasteiger partial charge in [-0.1, -0.05) is 52.3 Å². The molecule has 3 heteroatoms. The molecule has 2 aromatic carbocycles. The van der Waals surface area contributed by atoms with Crippen molar-refractivity contribution in [2.75, 3.05) is 5.32 Å². The molecule has 1 N–H and O–H groups in total. The Morgan fingerprint density at radius 3 is 2.71 bits per heavy atom. The normalized spacial score (nSPS) is 26.1. The van der Waals surface area contributed by atoms with E-state index < -0.39 is 0 Å². The molecule has 4 rings (SSSR count). The van der Waals surface area contributed by atoms with Gasteiger partial charge in [-0.15, -0.1) is 0 Å². The Balaban J connectivity index is 1.81. The smallest absolute Gasteiger partial charge is 0.0554 e. The average Bonchev–Trinajstić information content (AvgIpc) is 2.98. The maximum absolute atomic E-state index is 3.81. The Kier molecular flexibility index (Phi) is 3.58. The van der Waals surface area contributed by atoms with Gasteiger partial charge in [-0.3, -0.25) is 0 Å². The molecule has 0 spiro atoms. The standard InChI is InChI=1S/C18H15BrIN/c19-12-9-7-11(8-10-12)17-14-4-1-3-13(14)15-5-2-6-16(20)18(15)21-17/h1-3,5-10,13-14,17,21H,4H2/t13-,14+,17+/m1/s1. The second kappa shape index (κ2) is 5.43. The van der Waals surface area contributed by atoms with Crippen molar-refractivity contribution in [3.05, 3.63) is 73.8 Å². The highest BCUT2D eigenvalue weighted by atomic mass is 127. The first-order valence-corrected chi connectivity index (χ1v) is 9.08. The minimum atomic E-state index is 0.390. The van der Waals surface area contributed by atoms with Crippen LogP contribution in [0.5, 0.6) is 0 Å². The van der Waals surface area contributed by atoms with Crippen molar-refractivity contribution >= 4 is 44.2 Å². The number of allylic oxidation sites excluding steroid dienone is 2. The quantitative estimate of drug-likeness (QED) is 0.421. The first-order chi connectivity index (χ1) is 10.2. The van der Waals surface area contributed by atoms with Crippen molar-refractivity contribution in [3.8, 4) is 0 Å². The molecule has 1 nitrogen and oxygen atoms in total. The molecule has 106 valence electrons. The molecule has 21 heavy (non-hydrogen) atoms. The van der Waals surface area contributed by atoms with Gasteiger partial charge in [-0.05, 0) is 64.3 Å². The van der Waals surface area contributed by atoms with Crippen LogP contribution in [0.1, 0.15) is 29.5 Å². The zero-order chi connectivity index (χ0) is 14.4. The van der Waals surface area contributed by atoms with E-state index in [0.29, 0.717) is 17.9 Å². The van der Waals surface area contributed by atoms with Gasteiger partial charge < -0.3 is 5.32 Å². The van der Waals surface area contributed by atoms with Crippen LogP contribution < -0.4 is 5.32 Å². The third-order valence-electron chi connectivity index (χ3n) is 4.58. The molecule has 0 bridgehead atoms. The second-order valence-electron chi connectivity index (χ2n) is 5.73. The first-order valence-electron chi connectivity index (χ1n) is 7.21. The van der Waals surface area contributed by atoms with E-state index in [0.717, 1.165) is 10.9 Å². The van der Waals surface area contributed by atoms with E-state index in [1.165, 1.54) is 20.4 Å². The number of fused-ring (bicyclic) bond motifs is 3. The molecule has 1 aliphatic heterocycles. The van der Waals surface area contributed by atoms with Crippen LogP contribution in [-0.4, -0.2) is 0 Å². The number of rotatable bonds is 1. The summed E-state index contributed by atoms with van der Waals surface area (Å²) in [4.78, 5) is 0. The van der Waals surface area contributed by atoms with Crippen molar-refractivity contribution in [1.82, 2.24) is 0 Å². The van der Waals surface area contributed by atoms with E-state index in [1.54, 1.807) is 0 Å². The Hall–Kier alpha value is -0.810. The van der Waals surface area contributed by atoms with Crippen LogP contribution in [0.15, 0.2) is 59.1 Å². The van der Waals surface area contributed by atoms with Crippen molar-refractivity contribution in [3.63, 3.8) is 0 Å². The van der Waals surface area contributed by atoms with E-state index in [4.69, 9.17) is 0 Å². The highest BCUT2D eigenvalue weighted by Crippen LogP contribution is 2.50. The molecule has 0 radical (unpaired) electrons. The van der Waals surface area contributed by atoms with Gasteiger partial charge in [0.25, 0.3) is 0 Å². The molecule has 0 fully saturated rings. The number of halogens is 2. The topological polar surface area (TPSA) is 12.0 Å². The summed E-state index contributed by atoms with van der Waals surface area (Å²) in [6.07, 6.45) is 5.90. The number of nitrogens with one attached hydrogen (secondary N) is 1. The van der Waals surface area contributed by atoms with Gasteiger partial charge in [0.2, 0.25) is 0 Å². The molecule has 1 heterocycles. The minimum absolute atomic E-state index is 0.390. The van der Waals surface area contributed by atoms with Gasteiger partial charge in [-0.2, -0.15) is 0 Å². The predicted molar refractivity (Wildman–Crippen MR) is 99.7 cm³/mol. The summed E-state index contributed by atoms with van der Waals surface area (Å²) in [6.45, 7) is 0. The maximum Gasteiger partial charge on any atom is 0.0554 e. The van der Waals surface area contributed by atoms with Crippen molar-refractivity contribution in [1.29, 1.82) is 0 Å².